The average molecular weight is 218 g/mol. The van der Waals surface area contributed by atoms with Gasteiger partial charge in [0.25, 0.3) is 0 Å². The average Bonchev–Trinajstić information content (AvgIpc) is 2.54. The van der Waals surface area contributed by atoms with E-state index >= 15 is 0 Å². The lowest BCUT2D eigenvalue weighted by Crippen LogP contribution is -2.49. The second-order valence-corrected chi connectivity index (χ2v) is 4.48. The Morgan fingerprint density at radius 3 is 1.79 bits per heavy atom. The fourth-order valence-electron chi connectivity index (χ4n) is 2.45. The van der Waals surface area contributed by atoms with Crippen LogP contribution in [0, 0.1) is 0 Å². The molecule has 1 heterocycles. The second kappa shape index (κ2) is 4.37. The number of ether oxygens (including phenoxy) is 2. The van der Waals surface area contributed by atoms with Crippen LogP contribution in [0.5, 0.6) is 0 Å². The summed E-state index contributed by atoms with van der Waals surface area (Å²) in [6, 6.07) is 0.933. The second-order valence-electron chi connectivity index (χ2n) is 3.97. The standard InChI is InChI=1S/C9H18N2O2S/c1-12-7-3-5-6(4-8(7)13-2)11-9(14)10-5/h5-11,14H,3-4H2,1-2H3. The third-order valence-corrected chi connectivity index (χ3v) is 3.52. The van der Waals surface area contributed by atoms with Crippen molar-refractivity contribution >= 4 is 12.6 Å². The van der Waals surface area contributed by atoms with Crippen LogP contribution in [-0.4, -0.2) is 44.0 Å². The van der Waals surface area contributed by atoms with Crippen molar-refractivity contribution in [2.24, 2.45) is 0 Å². The predicted octanol–water partition coefficient (Wildman–Crippen LogP) is -0.0464. The summed E-state index contributed by atoms with van der Waals surface area (Å²) in [5.41, 5.74) is 0.109. The van der Waals surface area contributed by atoms with Crippen molar-refractivity contribution in [1.29, 1.82) is 0 Å². The van der Waals surface area contributed by atoms with Crippen LogP contribution in [0.25, 0.3) is 0 Å². The summed E-state index contributed by atoms with van der Waals surface area (Å²) >= 11 is 4.36. The number of thiol groups is 1. The molecule has 2 N–H and O–H groups in total. The van der Waals surface area contributed by atoms with Gasteiger partial charge in [0, 0.05) is 26.3 Å². The molecule has 4 atom stereocenters. The molecule has 1 saturated carbocycles. The monoisotopic (exact) mass is 218 g/mol. The largest absolute Gasteiger partial charge is 0.379 e. The molecule has 1 aliphatic heterocycles. The lowest BCUT2D eigenvalue weighted by Gasteiger charge is -2.36. The van der Waals surface area contributed by atoms with E-state index in [4.69, 9.17) is 9.47 Å². The van der Waals surface area contributed by atoms with E-state index in [1.54, 1.807) is 14.2 Å². The summed E-state index contributed by atoms with van der Waals surface area (Å²) < 4.78 is 10.8. The molecule has 0 aromatic rings. The molecule has 4 nitrogen and oxygen atoms in total. The van der Waals surface area contributed by atoms with Crippen molar-refractivity contribution < 1.29 is 9.47 Å². The van der Waals surface area contributed by atoms with Crippen molar-refractivity contribution in [3.05, 3.63) is 0 Å². The number of methoxy groups -OCH3 is 2. The van der Waals surface area contributed by atoms with E-state index < -0.39 is 0 Å². The highest BCUT2D eigenvalue weighted by atomic mass is 32.1. The van der Waals surface area contributed by atoms with Gasteiger partial charge in [-0.3, -0.25) is 10.6 Å². The van der Waals surface area contributed by atoms with E-state index in [0.717, 1.165) is 12.8 Å². The molecule has 0 aromatic heterocycles. The molecule has 4 unspecified atom stereocenters. The van der Waals surface area contributed by atoms with Crippen LogP contribution in [0.1, 0.15) is 12.8 Å². The molecule has 82 valence electrons. The zero-order valence-electron chi connectivity index (χ0n) is 8.56. The van der Waals surface area contributed by atoms with Crippen molar-refractivity contribution in [1.82, 2.24) is 10.6 Å². The molecule has 2 rings (SSSR count). The van der Waals surface area contributed by atoms with E-state index in [9.17, 15) is 0 Å². The lowest BCUT2D eigenvalue weighted by molar-refractivity contribution is -0.0668. The zero-order chi connectivity index (χ0) is 10.1. The quantitative estimate of drug-likeness (QED) is 0.569. The summed E-state index contributed by atoms with van der Waals surface area (Å²) in [4.78, 5) is 0. The molecule has 1 aliphatic carbocycles. The molecule has 2 fully saturated rings. The minimum absolute atomic E-state index is 0.109. The highest BCUT2D eigenvalue weighted by Crippen LogP contribution is 2.27. The molecule has 5 heteroatoms. The van der Waals surface area contributed by atoms with Gasteiger partial charge in [-0.2, -0.15) is 0 Å². The minimum Gasteiger partial charge on any atom is -0.379 e. The number of fused-ring (bicyclic) bond motifs is 1. The predicted molar refractivity (Wildman–Crippen MR) is 57.4 cm³/mol. The maximum atomic E-state index is 5.42. The van der Waals surface area contributed by atoms with Gasteiger partial charge in [-0.15, -0.1) is 12.6 Å². The number of nitrogens with one attached hydrogen (secondary N) is 2. The fourth-order valence-corrected chi connectivity index (χ4v) is 2.83. The maximum absolute atomic E-state index is 5.42. The Morgan fingerprint density at radius 2 is 1.43 bits per heavy atom. The van der Waals surface area contributed by atoms with Gasteiger partial charge >= 0.3 is 0 Å². The Kier molecular flexibility index (Phi) is 3.34. The molecule has 0 radical (unpaired) electrons. The number of hydrogen-bond donors (Lipinski definition) is 3. The van der Waals surface area contributed by atoms with Gasteiger partial charge in [0.05, 0.1) is 12.2 Å². The normalized spacial score (nSPS) is 47.8. The highest BCUT2D eigenvalue weighted by Gasteiger charge is 2.41. The smallest absolute Gasteiger partial charge is 0.103 e. The fraction of sp³-hybridized carbons (Fsp3) is 1.00. The van der Waals surface area contributed by atoms with Gasteiger partial charge in [0.1, 0.15) is 5.50 Å². The molecule has 1 saturated heterocycles. The molecule has 0 amide bonds. The van der Waals surface area contributed by atoms with Crippen molar-refractivity contribution in [2.45, 2.75) is 42.6 Å². The van der Waals surface area contributed by atoms with Gasteiger partial charge in [0.2, 0.25) is 0 Å². The third-order valence-electron chi connectivity index (χ3n) is 3.22. The Bertz CT molecular complexity index is 181. The maximum Gasteiger partial charge on any atom is 0.103 e. The van der Waals surface area contributed by atoms with Crippen LogP contribution < -0.4 is 10.6 Å². The zero-order valence-corrected chi connectivity index (χ0v) is 9.46. The summed E-state index contributed by atoms with van der Waals surface area (Å²) in [7, 11) is 3.50. The van der Waals surface area contributed by atoms with Gasteiger partial charge in [-0.05, 0) is 12.8 Å². The first-order valence-corrected chi connectivity index (χ1v) is 5.52. The van der Waals surface area contributed by atoms with Gasteiger partial charge in [0.15, 0.2) is 0 Å². The van der Waals surface area contributed by atoms with Gasteiger partial charge < -0.3 is 9.47 Å². The van der Waals surface area contributed by atoms with Crippen LogP contribution in [0.15, 0.2) is 0 Å². The minimum atomic E-state index is 0.109. The Balaban J connectivity index is 2.00. The Labute approximate surface area is 90.1 Å². The van der Waals surface area contributed by atoms with E-state index in [-0.39, 0.29) is 17.7 Å². The highest BCUT2D eigenvalue weighted by molar-refractivity contribution is 7.80. The van der Waals surface area contributed by atoms with E-state index in [0.29, 0.717) is 12.1 Å². The van der Waals surface area contributed by atoms with Crippen LogP contribution in [0.3, 0.4) is 0 Å². The lowest BCUT2D eigenvalue weighted by atomic mass is 9.87. The van der Waals surface area contributed by atoms with E-state index in [2.05, 4.69) is 23.3 Å². The molecular formula is C9H18N2O2S. The van der Waals surface area contributed by atoms with Gasteiger partial charge in [-0.1, -0.05) is 0 Å². The van der Waals surface area contributed by atoms with Crippen molar-refractivity contribution in [3.63, 3.8) is 0 Å². The Hall–Kier alpha value is 0.190. The molecule has 0 aromatic carbocycles. The van der Waals surface area contributed by atoms with Crippen LogP contribution >= 0.6 is 12.6 Å². The van der Waals surface area contributed by atoms with Crippen molar-refractivity contribution in [2.75, 3.05) is 14.2 Å². The first-order valence-electron chi connectivity index (χ1n) is 5.00. The summed E-state index contributed by atoms with van der Waals surface area (Å²) in [6.45, 7) is 0. The van der Waals surface area contributed by atoms with Crippen LogP contribution in [0.2, 0.25) is 0 Å². The van der Waals surface area contributed by atoms with E-state index in [1.165, 1.54) is 0 Å². The summed E-state index contributed by atoms with van der Waals surface area (Å²) in [6.07, 6.45) is 2.39. The van der Waals surface area contributed by atoms with Gasteiger partial charge in [-0.25, -0.2) is 0 Å². The summed E-state index contributed by atoms with van der Waals surface area (Å²) in [5.74, 6) is 0. The van der Waals surface area contributed by atoms with Crippen LogP contribution in [-0.2, 0) is 9.47 Å². The molecule has 2 aliphatic rings. The SMILES string of the molecule is COC1CC2NC(S)NC2CC1OC. The topological polar surface area (TPSA) is 42.5 Å². The number of rotatable bonds is 2. The van der Waals surface area contributed by atoms with Crippen LogP contribution in [0.4, 0.5) is 0 Å². The molecule has 14 heavy (non-hydrogen) atoms. The first kappa shape index (κ1) is 10.7. The third kappa shape index (κ3) is 1.92. The molecular weight excluding hydrogens is 200 g/mol. The van der Waals surface area contributed by atoms with E-state index in [1.807, 2.05) is 0 Å². The molecule has 0 bridgehead atoms. The first-order chi connectivity index (χ1) is 6.74. The molecule has 0 spiro atoms. The number of hydrogen-bond acceptors (Lipinski definition) is 5. The Morgan fingerprint density at radius 1 is 1.00 bits per heavy atom. The summed E-state index contributed by atoms with van der Waals surface area (Å²) in [5, 5.41) is 6.76. The van der Waals surface area contributed by atoms with Crippen molar-refractivity contribution in [3.8, 4) is 0 Å².